The van der Waals surface area contributed by atoms with Gasteiger partial charge in [0.25, 0.3) is 5.91 Å². The summed E-state index contributed by atoms with van der Waals surface area (Å²) < 4.78 is 1.07. The number of amides is 1. The van der Waals surface area contributed by atoms with Gasteiger partial charge in [0.05, 0.1) is 33.0 Å². The monoisotopic (exact) mass is 441 g/mol. The lowest BCUT2D eigenvalue weighted by Crippen LogP contribution is -2.31. The molecule has 4 nitrogen and oxygen atoms in total. The molecule has 2 aromatic carbocycles. The van der Waals surface area contributed by atoms with Gasteiger partial charge in [-0.05, 0) is 55.3 Å². The van der Waals surface area contributed by atoms with E-state index in [2.05, 4.69) is 11.1 Å². The van der Waals surface area contributed by atoms with Crippen LogP contribution in [0.1, 0.15) is 27.2 Å². The van der Waals surface area contributed by atoms with Crippen LogP contribution in [-0.4, -0.2) is 15.9 Å². The molecule has 7 heteroatoms. The van der Waals surface area contributed by atoms with E-state index in [-0.39, 0.29) is 12.5 Å². The Bertz CT molecular complexity index is 1170. The summed E-state index contributed by atoms with van der Waals surface area (Å²) >= 11 is 13.9. The standard InChI is InChI=1S/C22H17Cl2N3OS/c1-13-6-7-14(2)20-19(13)26-22(29-20)27(12-16-5-3-4-10-25-16)21(28)17-11-15(23)8-9-18(17)24/h3-11H,12H2,1-2H3. The predicted octanol–water partition coefficient (Wildman–Crippen LogP) is 6.46. The van der Waals surface area contributed by atoms with Crippen LogP contribution in [0.5, 0.6) is 0 Å². The normalized spacial score (nSPS) is 11.0. The molecule has 2 aromatic heterocycles. The number of carbonyl (C=O) groups excluding carboxylic acids is 1. The van der Waals surface area contributed by atoms with Gasteiger partial charge in [-0.3, -0.25) is 14.7 Å². The molecule has 0 atom stereocenters. The van der Waals surface area contributed by atoms with Crippen LogP contribution in [0.4, 0.5) is 5.13 Å². The van der Waals surface area contributed by atoms with Crippen molar-refractivity contribution in [3.63, 3.8) is 0 Å². The fraction of sp³-hybridized carbons (Fsp3) is 0.136. The van der Waals surface area contributed by atoms with E-state index in [9.17, 15) is 4.79 Å². The van der Waals surface area contributed by atoms with E-state index < -0.39 is 0 Å². The van der Waals surface area contributed by atoms with Crippen LogP contribution in [0.15, 0.2) is 54.7 Å². The van der Waals surface area contributed by atoms with E-state index >= 15 is 0 Å². The van der Waals surface area contributed by atoms with Gasteiger partial charge in [-0.1, -0.05) is 52.7 Å². The van der Waals surface area contributed by atoms with Crippen LogP contribution in [0.3, 0.4) is 0 Å². The summed E-state index contributed by atoms with van der Waals surface area (Å²) in [5.41, 5.74) is 4.19. The minimum Gasteiger partial charge on any atom is -0.278 e. The van der Waals surface area contributed by atoms with E-state index in [1.54, 1.807) is 29.3 Å². The summed E-state index contributed by atoms with van der Waals surface area (Å²) in [4.78, 5) is 24.3. The summed E-state index contributed by atoms with van der Waals surface area (Å²) in [7, 11) is 0. The van der Waals surface area contributed by atoms with Crippen LogP contribution in [0, 0.1) is 13.8 Å². The maximum Gasteiger partial charge on any atom is 0.262 e. The molecule has 0 aliphatic carbocycles. The number of halogens is 2. The van der Waals surface area contributed by atoms with Gasteiger partial charge in [-0.25, -0.2) is 4.98 Å². The number of thiazole rings is 1. The molecule has 29 heavy (non-hydrogen) atoms. The second-order valence-electron chi connectivity index (χ2n) is 6.71. The summed E-state index contributed by atoms with van der Waals surface area (Å²) in [6.45, 7) is 4.34. The first-order valence-electron chi connectivity index (χ1n) is 8.97. The molecule has 0 radical (unpaired) electrons. The van der Waals surface area contributed by atoms with Gasteiger partial charge in [-0.15, -0.1) is 0 Å². The number of hydrogen-bond donors (Lipinski definition) is 0. The lowest BCUT2D eigenvalue weighted by atomic mass is 10.1. The molecule has 4 rings (SSSR count). The van der Waals surface area contributed by atoms with Gasteiger partial charge in [0.2, 0.25) is 0 Å². The maximum atomic E-state index is 13.5. The largest absolute Gasteiger partial charge is 0.278 e. The highest BCUT2D eigenvalue weighted by molar-refractivity contribution is 7.22. The molecule has 1 amide bonds. The minimum atomic E-state index is -0.266. The Morgan fingerprint density at radius 3 is 2.59 bits per heavy atom. The summed E-state index contributed by atoms with van der Waals surface area (Å²) in [6.07, 6.45) is 1.71. The number of rotatable bonds is 4. The lowest BCUT2D eigenvalue weighted by Gasteiger charge is -2.20. The molecule has 0 bridgehead atoms. The average molecular weight is 442 g/mol. The van der Waals surface area contributed by atoms with E-state index in [0.717, 1.165) is 27.0 Å². The Hall–Kier alpha value is -2.47. The topological polar surface area (TPSA) is 46.1 Å². The van der Waals surface area contributed by atoms with E-state index in [1.165, 1.54) is 11.3 Å². The molecule has 2 heterocycles. The fourth-order valence-electron chi connectivity index (χ4n) is 3.05. The average Bonchev–Trinajstić information content (AvgIpc) is 3.18. The summed E-state index contributed by atoms with van der Waals surface area (Å²) in [5, 5.41) is 1.40. The van der Waals surface area contributed by atoms with Gasteiger partial charge >= 0.3 is 0 Å². The van der Waals surface area contributed by atoms with E-state index in [1.807, 2.05) is 38.1 Å². The quantitative estimate of drug-likeness (QED) is 0.364. The van der Waals surface area contributed by atoms with Crippen LogP contribution in [0.2, 0.25) is 10.0 Å². The van der Waals surface area contributed by atoms with Gasteiger partial charge in [0, 0.05) is 11.2 Å². The van der Waals surface area contributed by atoms with Gasteiger partial charge in [-0.2, -0.15) is 0 Å². The maximum absolute atomic E-state index is 13.5. The Morgan fingerprint density at radius 2 is 1.86 bits per heavy atom. The highest BCUT2D eigenvalue weighted by Gasteiger charge is 2.25. The van der Waals surface area contributed by atoms with Crippen molar-refractivity contribution in [3.05, 3.63) is 87.2 Å². The number of anilines is 1. The molecular formula is C22H17Cl2N3OS. The molecule has 0 saturated carbocycles. The second kappa shape index (κ2) is 8.11. The molecule has 0 N–H and O–H groups in total. The van der Waals surface area contributed by atoms with Crippen molar-refractivity contribution in [2.45, 2.75) is 20.4 Å². The van der Waals surface area contributed by atoms with Crippen molar-refractivity contribution < 1.29 is 4.79 Å². The third kappa shape index (κ3) is 3.99. The Labute approximate surface area is 182 Å². The number of fused-ring (bicyclic) bond motifs is 1. The molecule has 0 fully saturated rings. The zero-order chi connectivity index (χ0) is 20.5. The van der Waals surface area contributed by atoms with Gasteiger partial charge < -0.3 is 0 Å². The molecule has 0 saturated heterocycles. The third-order valence-electron chi connectivity index (χ3n) is 4.61. The third-order valence-corrected chi connectivity index (χ3v) is 6.39. The SMILES string of the molecule is Cc1ccc(C)c2sc(N(Cc3ccccn3)C(=O)c3cc(Cl)ccc3Cl)nc12. The molecular weight excluding hydrogens is 425 g/mol. The second-order valence-corrected chi connectivity index (χ2v) is 8.53. The van der Waals surface area contributed by atoms with E-state index in [4.69, 9.17) is 28.2 Å². The Balaban J connectivity index is 1.84. The first-order valence-corrected chi connectivity index (χ1v) is 10.5. The Kier molecular flexibility index (Phi) is 5.54. The number of pyridine rings is 1. The van der Waals surface area contributed by atoms with Gasteiger partial charge in [0.1, 0.15) is 0 Å². The number of aryl methyl sites for hydroxylation is 2. The highest BCUT2D eigenvalue weighted by Crippen LogP contribution is 2.35. The highest BCUT2D eigenvalue weighted by atomic mass is 35.5. The molecule has 0 aliphatic rings. The van der Waals surface area contributed by atoms with Crippen molar-refractivity contribution in [1.82, 2.24) is 9.97 Å². The molecule has 0 unspecified atom stereocenters. The predicted molar refractivity (Wildman–Crippen MR) is 120 cm³/mol. The van der Waals surface area contributed by atoms with E-state index in [0.29, 0.717) is 20.7 Å². The summed E-state index contributed by atoms with van der Waals surface area (Å²) in [6, 6.07) is 14.6. The van der Waals surface area contributed by atoms with Crippen LogP contribution in [0.25, 0.3) is 10.2 Å². The first-order chi connectivity index (χ1) is 13.9. The number of carbonyl (C=O) groups is 1. The number of benzene rings is 2. The minimum absolute atomic E-state index is 0.266. The van der Waals surface area contributed by atoms with Crippen molar-refractivity contribution in [2.24, 2.45) is 0 Å². The number of nitrogens with zero attached hydrogens (tertiary/aromatic N) is 3. The van der Waals surface area contributed by atoms with Crippen LogP contribution >= 0.6 is 34.5 Å². The Morgan fingerprint density at radius 1 is 1.07 bits per heavy atom. The first kappa shape index (κ1) is 19.8. The zero-order valence-electron chi connectivity index (χ0n) is 15.8. The lowest BCUT2D eigenvalue weighted by molar-refractivity contribution is 0.0985. The van der Waals surface area contributed by atoms with Crippen molar-refractivity contribution >= 4 is 55.8 Å². The van der Waals surface area contributed by atoms with Crippen molar-refractivity contribution in [3.8, 4) is 0 Å². The molecule has 146 valence electrons. The number of hydrogen-bond acceptors (Lipinski definition) is 4. The van der Waals surface area contributed by atoms with Gasteiger partial charge in [0.15, 0.2) is 5.13 Å². The summed E-state index contributed by atoms with van der Waals surface area (Å²) in [5.74, 6) is -0.266. The number of aromatic nitrogens is 2. The van der Waals surface area contributed by atoms with Crippen molar-refractivity contribution in [1.29, 1.82) is 0 Å². The zero-order valence-corrected chi connectivity index (χ0v) is 18.1. The van der Waals surface area contributed by atoms with Crippen molar-refractivity contribution in [2.75, 3.05) is 4.90 Å². The molecule has 4 aromatic rings. The smallest absolute Gasteiger partial charge is 0.262 e. The molecule has 0 aliphatic heterocycles. The van der Waals surface area contributed by atoms with Crippen LogP contribution in [-0.2, 0) is 6.54 Å². The fourth-order valence-corrected chi connectivity index (χ4v) is 4.53. The molecule has 0 spiro atoms. The van der Waals surface area contributed by atoms with Crippen LogP contribution < -0.4 is 4.90 Å².